The molecule has 0 spiro atoms. The highest BCUT2D eigenvalue weighted by Gasteiger charge is 2.38. The van der Waals surface area contributed by atoms with Gasteiger partial charge in [-0.2, -0.15) is 13.2 Å². The minimum Gasteiger partial charge on any atom is -0.206 e. The first-order valence-corrected chi connectivity index (χ1v) is 12.5. The van der Waals surface area contributed by atoms with E-state index in [4.69, 9.17) is 0 Å². The molecule has 0 radical (unpaired) electrons. The molecular formula is C31H28F6. The predicted octanol–water partition coefficient (Wildman–Crippen LogP) is 9.85. The average molecular weight is 515 g/mol. The molecule has 4 aromatic carbocycles. The Morgan fingerprint density at radius 3 is 1.84 bits per heavy atom. The summed E-state index contributed by atoms with van der Waals surface area (Å²) in [6.45, 7) is 2.20. The zero-order valence-electron chi connectivity index (χ0n) is 20.6. The van der Waals surface area contributed by atoms with Gasteiger partial charge in [0, 0.05) is 10.9 Å². The lowest BCUT2D eigenvalue weighted by Gasteiger charge is -2.13. The third-order valence-corrected chi connectivity index (χ3v) is 6.70. The molecule has 0 nitrogen and oxygen atoms in total. The number of halogens is 6. The molecule has 0 amide bonds. The van der Waals surface area contributed by atoms with E-state index in [1.165, 1.54) is 42.9 Å². The summed E-state index contributed by atoms with van der Waals surface area (Å²) in [5.41, 5.74) is 1.12. The Kier molecular flexibility index (Phi) is 8.25. The topological polar surface area (TPSA) is 0 Å². The molecule has 0 aromatic heterocycles. The zero-order chi connectivity index (χ0) is 26.6. The van der Waals surface area contributed by atoms with Crippen molar-refractivity contribution in [1.82, 2.24) is 0 Å². The van der Waals surface area contributed by atoms with Gasteiger partial charge < -0.3 is 0 Å². The van der Waals surface area contributed by atoms with Crippen LogP contribution < -0.4 is 0 Å². The first kappa shape index (κ1) is 26.8. The number of aryl methyl sites for hydroxylation is 3. The Balaban J connectivity index is 1.48. The van der Waals surface area contributed by atoms with Crippen molar-refractivity contribution in [3.63, 3.8) is 0 Å². The molecule has 0 heterocycles. The fourth-order valence-electron chi connectivity index (χ4n) is 4.64. The second-order valence-corrected chi connectivity index (χ2v) is 9.42. The standard InChI is InChI=1S/C31H28F6/c1-2-3-4-5-6-20-7-9-21(10-8-20)11-12-22-13-15-25-23(17-22)14-16-26(30(25)34)24-18-27(32)29(28(33)19-24)31(35,36)37/h7-10,13-19H,2-6,11-12H2,1H3. The SMILES string of the molecule is CCCCCCc1ccc(CCc2ccc3c(F)c(-c4cc(F)c(C(F)(F)F)c(F)c4)ccc3c2)cc1. The molecule has 0 aliphatic rings. The number of benzene rings is 4. The number of unbranched alkanes of at least 4 members (excludes halogenated alkanes) is 3. The van der Waals surface area contributed by atoms with Crippen molar-refractivity contribution >= 4 is 10.8 Å². The number of hydrogen-bond acceptors (Lipinski definition) is 0. The average Bonchev–Trinajstić information content (AvgIpc) is 2.85. The molecule has 0 fully saturated rings. The largest absolute Gasteiger partial charge is 0.422 e. The smallest absolute Gasteiger partial charge is 0.206 e. The van der Waals surface area contributed by atoms with Gasteiger partial charge in [-0.1, -0.05) is 80.8 Å². The van der Waals surface area contributed by atoms with Gasteiger partial charge in [-0.15, -0.1) is 0 Å². The van der Waals surface area contributed by atoms with Crippen molar-refractivity contribution in [2.75, 3.05) is 0 Å². The number of hydrogen-bond donors (Lipinski definition) is 0. The summed E-state index contributed by atoms with van der Waals surface area (Å²) < 4.78 is 81.9. The molecule has 0 unspecified atom stereocenters. The molecule has 194 valence electrons. The minimum absolute atomic E-state index is 0.165. The molecule has 0 bridgehead atoms. The van der Waals surface area contributed by atoms with E-state index < -0.39 is 29.2 Å². The molecule has 37 heavy (non-hydrogen) atoms. The summed E-state index contributed by atoms with van der Waals surface area (Å²) in [6, 6.07) is 17.9. The minimum atomic E-state index is -5.18. The second kappa shape index (κ2) is 11.4. The Hall–Kier alpha value is -3.28. The van der Waals surface area contributed by atoms with E-state index in [2.05, 4.69) is 31.2 Å². The number of rotatable bonds is 9. The van der Waals surface area contributed by atoms with E-state index >= 15 is 4.39 Å². The summed E-state index contributed by atoms with van der Waals surface area (Å²) in [5, 5.41) is 0.837. The lowest BCUT2D eigenvalue weighted by molar-refractivity contribution is -0.142. The first-order chi connectivity index (χ1) is 17.7. The monoisotopic (exact) mass is 514 g/mol. The molecule has 4 aromatic rings. The number of alkyl halides is 3. The molecule has 0 saturated carbocycles. The maximum atomic E-state index is 15.2. The Bertz CT molecular complexity index is 1350. The van der Waals surface area contributed by atoms with Gasteiger partial charge in [0.1, 0.15) is 23.0 Å². The van der Waals surface area contributed by atoms with Gasteiger partial charge in [0.25, 0.3) is 0 Å². The van der Waals surface area contributed by atoms with Crippen molar-refractivity contribution < 1.29 is 26.3 Å². The Labute approximate surface area is 213 Å². The molecule has 0 N–H and O–H groups in total. The molecule has 0 aliphatic carbocycles. The van der Waals surface area contributed by atoms with Crippen LogP contribution in [0.3, 0.4) is 0 Å². The highest BCUT2D eigenvalue weighted by molar-refractivity contribution is 5.88. The van der Waals surface area contributed by atoms with E-state index in [0.717, 1.165) is 24.8 Å². The summed E-state index contributed by atoms with van der Waals surface area (Å²) >= 11 is 0. The number of fused-ring (bicyclic) bond motifs is 1. The van der Waals surface area contributed by atoms with Gasteiger partial charge in [0.2, 0.25) is 0 Å². The van der Waals surface area contributed by atoms with Crippen LogP contribution in [0.25, 0.3) is 21.9 Å². The zero-order valence-corrected chi connectivity index (χ0v) is 20.6. The van der Waals surface area contributed by atoms with Crippen molar-refractivity contribution in [3.8, 4) is 11.1 Å². The van der Waals surface area contributed by atoms with Crippen LogP contribution in [0.4, 0.5) is 26.3 Å². The van der Waals surface area contributed by atoms with Crippen molar-refractivity contribution in [2.45, 2.75) is 58.0 Å². The van der Waals surface area contributed by atoms with Gasteiger partial charge in [-0.25, -0.2) is 13.2 Å². The van der Waals surface area contributed by atoms with Crippen LogP contribution in [0.5, 0.6) is 0 Å². The van der Waals surface area contributed by atoms with Crippen LogP contribution in [-0.2, 0) is 25.4 Å². The maximum Gasteiger partial charge on any atom is 0.422 e. The summed E-state index contributed by atoms with van der Waals surface area (Å²) in [6.07, 6.45) is 2.43. The quantitative estimate of drug-likeness (QED) is 0.154. The van der Waals surface area contributed by atoms with Crippen LogP contribution in [-0.4, -0.2) is 0 Å². The summed E-state index contributed by atoms with van der Waals surface area (Å²) in [5.74, 6) is -4.29. The molecule has 0 saturated heterocycles. The Morgan fingerprint density at radius 1 is 0.622 bits per heavy atom. The summed E-state index contributed by atoms with van der Waals surface area (Å²) in [7, 11) is 0. The van der Waals surface area contributed by atoms with E-state index in [0.29, 0.717) is 17.5 Å². The highest BCUT2D eigenvalue weighted by atomic mass is 19.4. The fourth-order valence-corrected chi connectivity index (χ4v) is 4.64. The van der Waals surface area contributed by atoms with Crippen molar-refractivity contribution in [2.24, 2.45) is 0 Å². The third kappa shape index (κ3) is 6.35. The molecule has 0 atom stereocenters. The van der Waals surface area contributed by atoms with Gasteiger partial charge in [0.05, 0.1) is 0 Å². The Morgan fingerprint density at radius 2 is 1.22 bits per heavy atom. The maximum absolute atomic E-state index is 15.2. The van der Waals surface area contributed by atoms with Crippen molar-refractivity contribution in [3.05, 3.63) is 106 Å². The van der Waals surface area contributed by atoms with Gasteiger partial charge in [-0.3, -0.25) is 0 Å². The molecule has 0 aliphatic heterocycles. The van der Waals surface area contributed by atoms with E-state index in [-0.39, 0.29) is 16.5 Å². The molecule has 6 heteroatoms. The molecular weight excluding hydrogens is 486 g/mol. The normalized spacial score (nSPS) is 11.9. The second-order valence-electron chi connectivity index (χ2n) is 9.42. The van der Waals surface area contributed by atoms with Crippen LogP contribution in [0, 0.1) is 17.5 Å². The van der Waals surface area contributed by atoms with Crippen LogP contribution in [0.2, 0.25) is 0 Å². The van der Waals surface area contributed by atoms with E-state index in [9.17, 15) is 22.0 Å². The lowest BCUT2D eigenvalue weighted by Crippen LogP contribution is -2.11. The van der Waals surface area contributed by atoms with Gasteiger partial charge in [0.15, 0.2) is 0 Å². The predicted molar refractivity (Wildman–Crippen MR) is 136 cm³/mol. The van der Waals surface area contributed by atoms with Gasteiger partial charge in [-0.05, 0) is 65.5 Å². The first-order valence-electron chi connectivity index (χ1n) is 12.5. The summed E-state index contributed by atoms with van der Waals surface area (Å²) in [4.78, 5) is 0. The fraction of sp³-hybridized carbons (Fsp3) is 0.290. The van der Waals surface area contributed by atoms with Crippen LogP contribution >= 0.6 is 0 Å². The third-order valence-electron chi connectivity index (χ3n) is 6.70. The van der Waals surface area contributed by atoms with Crippen molar-refractivity contribution in [1.29, 1.82) is 0 Å². The highest BCUT2D eigenvalue weighted by Crippen LogP contribution is 2.37. The van der Waals surface area contributed by atoms with Crippen LogP contribution in [0.15, 0.2) is 66.7 Å². The van der Waals surface area contributed by atoms with E-state index in [1.807, 2.05) is 6.07 Å². The van der Waals surface area contributed by atoms with Crippen LogP contribution in [0.1, 0.15) is 54.9 Å². The van der Waals surface area contributed by atoms with E-state index in [1.54, 1.807) is 18.2 Å². The van der Waals surface area contributed by atoms with Gasteiger partial charge >= 0.3 is 6.18 Å². The molecule has 4 rings (SSSR count). The lowest BCUT2D eigenvalue weighted by atomic mass is 9.96.